The average Bonchev–Trinajstić information content (AvgIpc) is 2.31. The maximum absolute atomic E-state index is 11.8. The summed E-state index contributed by atoms with van der Waals surface area (Å²) < 4.78 is 5.09. The number of ether oxygens (including phenoxy) is 1. The minimum atomic E-state index is -0.433. The number of esters is 1. The van der Waals surface area contributed by atoms with Crippen molar-refractivity contribution >= 4 is 29.2 Å². The van der Waals surface area contributed by atoms with Crippen molar-refractivity contribution in [3.8, 4) is 0 Å². The molecular formula is C14H18ClNO3. The van der Waals surface area contributed by atoms with Gasteiger partial charge in [-0.05, 0) is 38.5 Å². The highest BCUT2D eigenvalue weighted by Crippen LogP contribution is 2.24. The molecule has 0 saturated carbocycles. The molecule has 1 N–H and O–H groups in total. The van der Waals surface area contributed by atoms with Gasteiger partial charge in [-0.1, -0.05) is 18.5 Å². The van der Waals surface area contributed by atoms with Gasteiger partial charge in [0.2, 0.25) is 5.91 Å². The molecule has 0 fully saturated rings. The highest BCUT2D eigenvalue weighted by Gasteiger charge is 2.12. The second-order valence-corrected chi connectivity index (χ2v) is 4.85. The molecule has 0 aliphatic rings. The number of carbonyl (C=O) groups is 2. The van der Waals surface area contributed by atoms with Crippen molar-refractivity contribution in [1.82, 2.24) is 0 Å². The lowest BCUT2D eigenvalue weighted by atomic mass is 10.2. The second kappa shape index (κ2) is 7.14. The Kier molecular flexibility index (Phi) is 5.83. The monoisotopic (exact) mass is 283 g/mol. The van der Waals surface area contributed by atoms with Crippen LogP contribution in [0.2, 0.25) is 5.02 Å². The predicted molar refractivity (Wildman–Crippen MR) is 75.5 cm³/mol. The van der Waals surface area contributed by atoms with E-state index in [2.05, 4.69) is 5.32 Å². The van der Waals surface area contributed by atoms with Gasteiger partial charge in [-0.2, -0.15) is 0 Å². The second-order valence-electron chi connectivity index (χ2n) is 4.45. The van der Waals surface area contributed by atoms with Gasteiger partial charge in [0.15, 0.2) is 0 Å². The van der Waals surface area contributed by atoms with Crippen LogP contribution in [-0.2, 0) is 9.53 Å². The van der Waals surface area contributed by atoms with Crippen molar-refractivity contribution in [2.75, 3.05) is 5.32 Å². The molecule has 0 atom stereocenters. The van der Waals surface area contributed by atoms with Gasteiger partial charge in [0, 0.05) is 6.42 Å². The van der Waals surface area contributed by atoms with Crippen LogP contribution in [0, 0.1) is 0 Å². The fourth-order valence-corrected chi connectivity index (χ4v) is 1.63. The number of halogens is 1. The standard InChI is InChI=1S/C14H18ClNO3/c1-4-5-13(17)16-12-8-10(6-7-11(12)15)14(18)19-9(2)3/h6-9H,4-5H2,1-3H3,(H,16,17). The molecule has 1 amide bonds. The zero-order chi connectivity index (χ0) is 14.4. The van der Waals surface area contributed by atoms with Crippen molar-refractivity contribution in [2.45, 2.75) is 39.7 Å². The topological polar surface area (TPSA) is 55.4 Å². The number of hydrogen-bond acceptors (Lipinski definition) is 3. The molecule has 0 aliphatic carbocycles. The summed E-state index contributed by atoms with van der Waals surface area (Å²) >= 11 is 5.98. The third-order valence-corrected chi connectivity index (χ3v) is 2.63. The van der Waals surface area contributed by atoms with Crippen molar-refractivity contribution in [3.05, 3.63) is 28.8 Å². The van der Waals surface area contributed by atoms with Crippen molar-refractivity contribution in [1.29, 1.82) is 0 Å². The van der Waals surface area contributed by atoms with Gasteiger partial charge in [0.25, 0.3) is 0 Å². The zero-order valence-corrected chi connectivity index (χ0v) is 12.1. The van der Waals surface area contributed by atoms with E-state index >= 15 is 0 Å². The van der Waals surface area contributed by atoms with Crippen LogP contribution in [0.5, 0.6) is 0 Å². The summed E-state index contributed by atoms with van der Waals surface area (Å²) in [6, 6.07) is 4.67. The Balaban J connectivity index is 2.87. The number of anilines is 1. The van der Waals surface area contributed by atoms with E-state index in [1.807, 2.05) is 6.92 Å². The van der Waals surface area contributed by atoms with E-state index in [-0.39, 0.29) is 12.0 Å². The van der Waals surface area contributed by atoms with Crippen LogP contribution in [-0.4, -0.2) is 18.0 Å². The summed E-state index contributed by atoms with van der Waals surface area (Å²) in [6.07, 6.45) is 0.969. The maximum Gasteiger partial charge on any atom is 0.338 e. The largest absolute Gasteiger partial charge is 0.459 e. The van der Waals surface area contributed by atoms with Crippen LogP contribution >= 0.6 is 11.6 Å². The first kappa shape index (κ1) is 15.5. The van der Waals surface area contributed by atoms with E-state index in [0.29, 0.717) is 22.7 Å². The van der Waals surface area contributed by atoms with Crippen molar-refractivity contribution < 1.29 is 14.3 Å². The number of amides is 1. The van der Waals surface area contributed by atoms with E-state index in [0.717, 1.165) is 6.42 Å². The molecule has 5 heteroatoms. The Morgan fingerprint density at radius 2 is 2.05 bits per heavy atom. The minimum Gasteiger partial charge on any atom is -0.459 e. The first-order valence-electron chi connectivity index (χ1n) is 6.24. The molecule has 0 saturated heterocycles. The SMILES string of the molecule is CCCC(=O)Nc1cc(C(=O)OC(C)C)ccc1Cl. The highest BCUT2D eigenvalue weighted by molar-refractivity contribution is 6.33. The number of nitrogens with one attached hydrogen (secondary N) is 1. The van der Waals surface area contributed by atoms with E-state index < -0.39 is 5.97 Å². The van der Waals surface area contributed by atoms with Crippen LogP contribution in [0.1, 0.15) is 44.0 Å². The van der Waals surface area contributed by atoms with Gasteiger partial charge in [0.1, 0.15) is 0 Å². The highest BCUT2D eigenvalue weighted by atomic mass is 35.5. The van der Waals surface area contributed by atoms with E-state index in [9.17, 15) is 9.59 Å². The van der Waals surface area contributed by atoms with Gasteiger partial charge >= 0.3 is 5.97 Å². The summed E-state index contributed by atoms with van der Waals surface area (Å²) in [5.74, 6) is -0.559. The lowest BCUT2D eigenvalue weighted by Crippen LogP contribution is -2.14. The Morgan fingerprint density at radius 1 is 1.37 bits per heavy atom. The molecule has 104 valence electrons. The lowest BCUT2D eigenvalue weighted by molar-refractivity contribution is -0.116. The Bertz CT molecular complexity index is 472. The van der Waals surface area contributed by atoms with Gasteiger partial charge < -0.3 is 10.1 Å². The fraction of sp³-hybridized carbons (Fsp3) is 0.429. The molecule has 4 nitrogen and oxygen atoms in total. The zero-order valence-electron chi connectivity index (χ0n) is 11.3. The average molecular weight is 284 g/mol. The summed E-state index contributed by atoms with van der Waals surface area (Å²) in [4.78, 5) is 23.3. The molecule has 1 rings (SSSR count). The molecule has 1 aromatic carbocycles. The summed E-state index contributed by atoms with van der Waals surface area (Å²) in [5, 5.41) is 3.08. The molecule has 0 radical (unpaired) electrons. The summed E-state index contributed by atoms with van der Waals surface area (Å²) in [5.41, 5.74) is 0.795. The van der Waals surface area contributed by atoms with Crippen LogP contribution in [0.15, 0.2) is 18.2 Å². The molecule has 1 aromatic rings. The Hall–Kier alpha value is -1.55. The third kappa shape index (κ3) is 4.91. The minimum absolute atomic E-state index is 0.126. The molecule has 0 heterocycles. The molecule has 0 aromatic heterocycles. The maximum atomic E-state index is 11.8. The van der Waals surface area contributed by atoms with Crippen LogP contribution in [0.4, 0.5) is 5.69 Å². The van der Waals surface area contributed by atoms with E-state index in [1.54, 1.807) is 26.0 Å². The normalized spacial score (nSPS) is 10.4. The van der Waals surface area contributed by atoms with Gasteiger partial charge in [0.05, 0.1) is 22.4 Å². The first-order chi connectivity index (χ1) is 8.93. The molecule has 0 aliphatic heterocycles. The molecule has 0 spiro atoms. The summed E-state index contributed by atoms with van der Waals surface area (Å²) in [6.45, 7) is 5.47. The number of rotatable bonds is 5. The van der Waals surface area contributed by atoms with Gasteiger partial charge in [-0.3, -0.25) is 4.79 Å². The van der Waals surface area contributed by atoms with Crippen molar-refractivity contribution in [3.63, 3.8) is 0 Å². The lowest BCUT2D eigenvalue weighted by Gasteiger charge is -2.11. The van der Waals surface area contributed by atoms with E-state index in [4.69, 9.17) is 16.3 Å². The van der Waals surface area contributed by atoms with Crippen LogP contribution in [0.25, 0.3) is 0 Å². The molecule has 0 bridgehead atoms. The number of benzene rings is 1. The smallest absolute Gasteiger partial charge is 0.338 e. The predicted octanol–water partition coefficient (Wildman–Crippen LogP) is 3.64. The molecular weight excluding hydrogens is 266 g/mol. The summed E-state index contributed by atoms with van der Waals surface area (Å²) in [7, 11) is 0. The first-order valence-corrected chi connectivity index (χ1v) is 6.62. The molecule has 0 unspecified atom stereocenters. The van der Waals surface area contributed by atoms with Gasteiger partial charge in [-0.15, -0.1) is 0 Å². The number of carbonyl (C=O) groups excluding carboxylic acids is 2. The Morgan fingerprint density at radius 3 is 2.63 bits per heavy atom. The third-order valence-electron chi connectivity index (χ3n) is 2.30. The number of hydrogen-bond donors (Lipinski definition) is 1. The molecule has 19 heavy (non-hydrogen) atoms. The van der Waals surface area contributed by atoms with Crippen LogP contribution < -0.4 is 5.32 Å². The van der Waals surface area contributed by atoms with Gasteiger partial charge in [-0.25, -0.2) is 4.79 Å². The fourth-order valence-electron chi connectivity index (χ4n) is 1.47. The quantitative estimate of drug-likeness (QED) is 0.839. The van der Waals surface area contributed by atoms with Crippen molar-refractivity contribution in [2.24, 2.45) is 0 Å². The van der Waals surface area contributed by atoms with Crippen LogP contribution in [0.3, 0.4) is 0 Å². The Labute approximate surface area is 118 Å². The van der Waals surface area contributed by atoms with E-state index in [1.165, 1.54) is 6.07 Å².